The summed E-state index contributed by atoms with van der Waals surface area (Å²) in [5.41, 5.74) is 1.65. The minimum absolute atomic E-state index is 0. The molecule has 0 atom stereocenters. The van der Waals surface area contributed by atoms with Gasteiger partial charge in [0, 0.05) is 12.8 Å². The van der Waals surface area contributed by atoms with Crippen molar-refractivity contribution in [1.82, 2.24) is 0 Å². The first-order valence-corrected chi connectivity index (χ1v) is 7.20. The predicted octanol–water partition coefficient (Wildman–Crippen LogP) is 0.301. The third kappa shape index (κ3) is 5.00. The summed E-state index contributed by atoms with van der Waals surface area (Å²) in [7, 11) is 0. The minimum atomic E-state index is -4.99. The molecular weight excluding hydrogens is 331 g/mol. The van der Waals surface area contributed by atoms with Gasteiger partial charge < -0.3 is 22.4 Å². The predicted molar refractivity (Wildman–Crippen MR) is 80.0 cm³/mol. The van der Waals surface area contributed by atoms with E-state index < -0.39 is 12.4 Å². The molecule has 0 spiro atoms. The number of ether oxygens (including phenoxy) is 2. The fraction of sp³-hybridized carbons (Fsp3) is 0.250. The molecule has 0 fully saturated rings. The van der Waals surface area contributed by atoms with Gasteiger partial charge in [0.15, 0.2) is 0 Å². The van der Waals surface area contributed by atoms with E-state index in [1.165, 1.54) is 11.6 Å². The van der Waals surface area contributed by atoms with E-state index in [0.29, 0.717) is 19.6 Å². The van der Waals surface area contributed by atoms with Crippen molar-refractivity contribution in [2.75, 3.05) is 13.2 Å². The molecule has 0 N–H and O–H groups in total. The number of rotatable bonds is 5. The summed E-state index contributed by atoms with van der Waals surface area (Å²) in [6.45, 7) is -3.94. The SMILES string of the molecule is F[B-](F)(F)c1cccc(OCCc2ccc3c(c2)CCO3)c1.[K+]. The van der Waals surface area contributed by atoms with E-state index in [9.17, 15) is 12.9 Å². The summed E-state index contributed by atoms with van der Waals surface area (Å²) in [5.74, 6) is 1.17. The summed E-state index contributed by atoms with van der Waals surface area (Å²) in [6, 6.07) is 11.0. The van der Waals surface area contributed by atoms with E-state index >= 15 is 0 Å². The van der Waals surface area contributed by atoms with Crippen LogP contribution in [0.15, 0.2) is 42.5 Å². The molecular formula is C16H15BF3KO2. The Morgan fingerprint density at radius 3 is 2.70 bits per heavy atom. The molecule has 1 heterocycles. The summed E-state index contributed by atoms with van der Waals surface area (Å²) in [6.07, 6.45) is 1.55. The van der Waals surface area contributed by atoms with E-state index in [4.69, 9.17) is 9.47 Å². The number of benzene rings is 2. The van der Waals surface area contributed by atoms with Gasteiger partial charge in [-0.3, -0.25) is 0 Å². The van der Waals surface area contributed by atoms with Crippen LogP contribution < -0.4 is 66.3 Å². The van der Waals surface area contributed by atoms with Crippen LogP contribution in [0, 0.1) is 0 Å². The zero-order chi connectivity index (χ0) is 15.6. The average molecular weight is 346 g/mol. The molecule has 7 heteroatoms. The van der Waals surface area contributed by atoms with E-state index in [1.54, 1.807) is 6.07 Å². The van der Waals surface area contributed by atoms with E-state index in [0.717, 1.165) is 29.9 Å². The normalized spacial score (nSPS) is 13.0. The Morgan fingerprint density at radius 1 is 1.09 bits per heavy atom. The maximum absolute atomic E-state index is 12.7. The van der Waals surface area contributed by atoms with E-state index in [-0.39, 0.29) is 57.1 Å². The molecule has 116 valence electrons. The van der Waals surface area contributed by atoms with Gasteiger partial charge in [-0.1, -0.05) is 24.3 Å². The fourth-order valence-corrected chi connectivity index (χ4v) is 2.49. The van der Waals surface area contributed by atoms with Crippen molar-refractivity contribution < 1.29 is 73.8 Å². The monoisotopic (exact) mass is 346 g/mol. The van der Waals surface area contributed by atoms with Crippen LogP contribution in [0.2, 0.25) is 0 Å². The summed E-state index contributed by atoms with van der Waals surface area (Å²) in [5, 5.41) is 0. The van der Waals surface area contributed by atoms with Crippen LogP contribution >= 0.6 is 0 Å². The third-order valence-corrected chi connectivity index (χ3v) is 3.65. The molecule has 0 aliphatic carbocycles. The van der Waals surface area contributed by atoms with E-state index in [1.807, 2.05) is 12.1 Å². The van der Waals surface area contributed by atoms with E-state index in [2.05, 4.69) is 6.07 Å². The van der Waals surface area contributed by atoms with Gasteiger partial charge >= 0.3 is 58.4 Å². The second-order valence-electron chi connectivity index (χ2n) is 5.29. The molecule has 2 aromatic carbocycles. The van der Waals surface area contributed by atoms with Crippen molar-refractivity contribution in [2.45, 2.75) is 12.8 Å². The van der Waals surface area contributed by atoms with Crippen molar-refractivity contribution in [3.8, 4) is 11.5 Å². The molecule has 2 nitrogen and oxygen atoms in total. The minimum Gasteiger partial charge on any atom is -0.493 e. The van der Waals surface area contributed by atoms with Gasteiger partial charge in [-0.25, -0.2) is 0 Å². The Hall–Kier alpha value is -0.469. The summed E-state index contributed by atoms with van der Waals surface area (Å²) >= 11 is 0. The maximum atomic E-state index is 12.7. The zero-order valence-corrected chi connectivity index (χ0v) is 16.0. The van der Waals surface area contributed by atoms with Gasteiger partial charge in [-0.15, -0.1) is 5.46 Å². The van der Waals surface area contributed by atoms with Crippen LogP contribution in [0.5, 0.6) is 11.5 Å². The Morgan fingerprint density at radius 2 is 1.91 bits per heavy atom. The molecule has 1 aliphatic heterocycles. The smallest absolute Gasteiger partial charge is 0.493 e. The first kappa shape index (κ1) is 18.9. The number of hydrogen-bond acceptors (Lipinski definition) is 2. The molecule has 2 aromatic rings. The summed E-state index contributed by atoms with van der Waals surface area (Å²) < 4.78 is 48.9. The number of hydrogen-bond donors (Lipinski definition) is 0. The second-order valence-corrected chi connectivity index (χ2v) is 5.29. The molecule has 0 saturated carbocycles. The van der Waals surface area contributed by atoms with Gasteiger partial charge in [-0.2, -0.15) is 0 Å². The van der Waals surface area contributed by atoms with Crippen molar-refractivity contribution in [1.29, 1.82) is 0 Å². The first-order valence-electron chi connectivity index (χ1n) is 7.20. The van der Waals surface area contributed by atoms with Gasteiger partial charge in [-0.05, 0) is 29.3 Å². The Bertz CT molecular complexity index is 677. The Labute approximate surface area is 175 Å². The van der Waals surface area contributed by atoms with Crippen LogP contribution in [-0.4, -0.2) is 20.2 Å². The summed E-state index contributed by atoms with van der Waals surface area (Å²) in [4.78, 5) is 0. The maximum Gasteiger partial charge on any atom is 1.00 e. The largest absolute Gasteiger partial charge is 1.00 e. The quantitative estimate of drug-likeness (QED) is 0.726. The van der Waals surface area contributed by atoms with Gasteiger partial charge in [0.1, 0.15) is 11.5 Å². The van der Waals surface area contributed by atoms with Gasteiger partial charge in [0.05, 0.1) is 13.2 Å². The van der Waals surface area contributed by atoms with Crippen molar-refractivity contribution >= 4 is 12.4 Å². The first-order chi connectivity index (χ1) is 10.5. The van der Waals surface area contributed by atoms with Crippen LogP contribution in [0.25, 0.3) is 0 Å². The van der Waals surface area contributed by atoms with Crippen molar-refractivity contribution in [3.63, 3.8) is 0 Å². The topological polar surface area (TPSA) is 18.5 Å². The molecule has 0 bridgehead atoms. The molecule has 0 saturated heterocycles. The molecule has 3 rings (SSSR count). The zero-order valence-electron chi connectivity index (χ0n) is 12.9. The standard InChI is InChI=1S/C16H15BF3O2.K/c18-17(19,20)14-2-1-3-15(11-14)21-8-6-12-4-5-16-13(10-12)7-9-22-16;/h1-5,10-11H,6-9H2;/q-1;+1. The molecule has 0 aromatic heterocycles. The fourth-order valence-electron chi connectivity index (χ4n) is 2.49. The van der Waals surface area contributed by atoms with Crippen molar-refractivity contribution in [2.24, 2.45) is 0 Å². The Kier molecular flexibility index (Phi) is 6.62. The molecule has 23 heavy (non-hydrogen) atoms. The van der Waals surface area contributed by atoms with Crippen LogP contribution in [0.1, 0.15) is 11.1 Å². The molecule has 0 unspecified atom stereocenters. The number of fused-ring (bicyclic) bond motifs is 1. The average Bonchev–Trinajstić information content (AvgIpc) is 2.94. The third-order valence-electron chi connectivity index (χ3n) is 3.65. The van der Waals surface area contributed by atoms with Crippen molar-refractivity contribution in [3.05, 3.63) is 53.6 Å². The molecule has 1 aliphatic rings. The van der Waals surface area contributed by atoms with Crippen LogP contribution in [0.3, 0.4) is 0 Å². The number of halogens is 3. The van der Waals surface area contributed by atoms with Gasteiger partial charge in [0.2, 0.25) is 0 Å². The van der Waals surface area contributed by atoms with Gasteiger partial charge in [0.25, 0.3) is 0 Å². The molecule has 0 radical (unpaired) electrons. The molecule has 0 amide bonds. The Balaban J connectivity index is 0.00000192. The van der Waals surface area contributed by atoms with Crippen LogP contribution in [0.4, 0.5) is 12.9 Å². The van der Waals surface area contributed by atoms with Crippen LogP contribution in [-0.2, 0) is 12.8 Å². The second kappa shape index (κ2) is 8.07.